The molecule has 1 saturated heterocycles. The summed E-state index contributed by atoms with van der Waals surface area (Å²) in [5, 5.41) is 12.4. The second-order valence-electron chi connectivity index (χ2n) is 8.25. The first-order valence-corrected chi connectivity index (χ1v) is 10.6. The molecule has 1 N–H and O–H groups in total. The van der Waals surface area contributed by atoms with Crippen molar-refractivity contribution in [2.24, 2.45) is 0 Å². The Balaban J connectivity index is 1.54. The molecule has 0 atom stereocenters. The molecule has 4 heterocycles. The minimum atomic E-state index is -4.38. The maximum Gasteiger partial charge on any atom is 0.416 e. The quantitative estimate of drug-likeness (QED) is 0.505. The molecule has 0 saturated carbocycles. The number of hydrogen-bond donors (Lipinski definition) is 1. The summed E-state index contributed by atoms with van der Waals surface area (Å²) in [6, 6.07) is 7.29. The number of halogens is 3. The van der Waals surface area contributed by atoms with E-state index in [1.54, 1.807) is 19.3 Å². The molecule has 8 nitrogen and oxygen atoms in total. The van der Waals surface area contributed by atoms with E-state index in [4.69, 9.17) is 0 Å². The Labute approximate surface area is 188 Å². The highest BCUT2D eigenvalue weighted by atomic mass is 19.4. The summed E-state index contributed by atoms with van der Waals surface area (Å²) in [5.74, 6) is 1.09. The molecule has 1 aliphatic heterocycles. The fourth-order valence-electron chi connectivity index (χ4n) is 4.11. The summed E-state index contributed by atoms with van der Waals surface area (Å²) in [7, 11) is 2.09. The normalized spacial score (nSPS) is 15.5. The third-order valence-corrected chi connectivity index (χ3v) is 5.88. The van der Waals surface area contributed by atoms with Crippen LogP contribution in [-0.2, 0) is 12.7 Å². The molecule has 0 radical (unpaired) electrons. The zero-order valence-corrected chi connectivity index (χ0v) is 18.3. The van der Waals surface area contributed by atoms with E-state index in [0.29, 0.717) is 28.5 Å². The van der Waals surface area contributed by atoms with Gasteiger partial charge in [-0.3, -0.25) is 4.40 Å². The van der Waals surface area contributed by atoms with Crippen molar-refractivity contribution in [3.8, 4) is 0 Å². The first kappa shape index (κ1) is 21.4. The zero-order chi connectivity index (χ0) is 23.2. The summed E-state index contributed by atoms with van der Waals surface area (Å²) in [4.78, 5) is 13.7. The number of benzene rings is 1. The van der Waals surface area contributed by atoms with Crippen LogP contribution in [0, 0.1) is 6.92 Å². The van der Waals surface area contributed by atoms with Gasteiger partial charge in [0.05, 0.1) is 16.6 Å². The molecule has 0 aliphatic carbocycles. The SMILES string of the molecule is Cc1nc(NCc2cccc(C(F)(F)F)c2)c2cc(N3CCN(C)CC3)c3nncn3c2n1. The second-order valence-corrected chi connectivity index (χ2v) is 8.25. The highest BCUT2D eigenvalue weighted by molar-refractivity contribution is 5.94. The number of aryl methyl sites for hydroxylation is 1. The van der Waals surface area contributed by atoms with Crippen LogP contribution in [0.15, 0.2) is 36.7 Å². The molecule has 3 aromatic heterocycles. The molecular formula is C22H23F3N8. The number of fused-ring (bicyclic) bond motifs is 3. The Hall–Kier alpha value is -3.47. The van der Waals surface area contributed by atoms with Crippen LogP contribution < -0.4 is 10.2 Å². The van der Waals surface area contributed by atoms with Gasteiger partial charge in [-0.15, -0.1) is 10.2 Å². The molecular weight excluding hydrogens is 433 g/mol. The van der Waals surface area contributed by atoms with E-state index >= 15 is 0 Å². The second kappa shape index (κ2) is 8.14. The minimum Gasteiger partial charge on any atom is -0.366 e. The minimum absolute atomic E-state index is 0.194. The first-order chi connectivity index (χ1) is 15.8. The van der Waals surface area contributed by atoms with E-state index in [-0.39, 0.29) is 6.54 Å². The Morgan fingerprint density at radius 1 is 1.03 bits per heavy atom. The van der Waals surface area contributed by atoms with Gasteiger partial charge in [-0.05, 0) is 37.7 Å². The van der Waals surface area contributed by atoms with Crippen LogP contribution in [0.25, 0.3) is 16.7 Å². The molecule has 0 bridgehead atoms. The fourth-order valence-corrected chi connectivity index (χ4v) is 4.11. The van der Waals surface area contributed by atoms with Crippen LogP contribution in [0.3, 0.4) is 0 Å². The molecule has 1 aliphatic rings. The third kappa shape index (κ3) is 4.15. The van der Waals surface area contributed by atoms with Gasteiger partial charge in [0.25, 0.3) is 0 Å². The van der Waals surface area contributed by atoms with E-state index < -0.39 is 11.7 Å². The van der Waals surface area contributed by atoms with Crippen LogP contribution in [0.5, 0.6) is 0 Å². The van der Waals surface area contributed by atoms with Gasteiger partial charge in [0, 0.05) is 32.7 Å². The standard InChI is InChI=1S/C22H23F3N8/c1-14-28-19(26-12-15-4-3-5-16(10-15)22(23,24)25)17-11-18(32-8-6-31(2)7-9-32)21-30-27-13-33(21)20(17)29-14/h3-5,10-11,13H,6-9,12H2,1-2H3,(H,26,28,29). The van der Waals surface area contributed by atoms with Gasteiger partial charge in [0.1, 0.15) is 18.0 Å². The number of piperazine rings is 1. The highest BCUT2D eigenvalue weighted by Crippen LogP contribution is 2.32. The average molecular weight is 456 g/mol. The lowest BCUT2D eigenvalue weighted by Gasteiger charge is -2.34. The van der Waals surface area contributed by atoms with E-state index in [1.165, 1.54) is 6.07 Å². The number of rotatable bonds is 4. The van der Waals surface area contributed by atoms with Crippen molar-refractivity contribution in [1.29, 1.82) is 0 Å². The predicted octanol–water partition coefficient (Wildman–Crippen LogP) is 3.36. The Kier molecular flexibility index (Phi) is 5.28. The smallest absolute Gasteiger partial charge is 0.366 e. The Morgan fingerprint density at radius 2 is 1.82 bits per heavy atom. The number of nitrogens with zero attached hydrogens (tertiary/aromatic N) is 7. The van der Waals surface area contributed by atoms with E-state index in [1.807, 2.05) is 10.5 Å². The molecule has 0 unspecified atom stereocenters. The van der Waals surface area contributed by atoms with Gasteiger partial charge in [-0.2, -0.15) is 13.2 Å². The molecule has 0 amide bonds. The largest absolute Gasteiger partial charge is 0.416 e. The molecule has 0 spiro atoms. The first-order valence-electron chi connectivity index (χ1n) is 10.6. The molecule has 33 heavy (non-hydrogen) atoms. The summed E-state index contributed by atoms with van der Waals surface area (Å²) >= 11 is 0. The molecule has 4 aromatic rings. The lowest BCUT2D eigenvalue weighted by atomic mass is 10.1. The number of alkyl halides is 3. The van der Waals surface area contributed by atoms with Gasteiger partial charge in [-0.1, -0.05) is 12.1 Å². The van der Waals surface area contributed by atoms with E-state index in [9.17, 15) is 13.2 Å². The maximum atomic E-state index is 13.1. The summed E-state index contributed by atoms with van der Waals surface area (Å²) in [6.45, 7) is 5.54. The van der Waals surface area contributed by atoms with Crippen LogP contribution >= 0.6 is 0 Å². The Bertz CT molecular complexity index is 1310. The fraction of sp³-hybridized carbons (Fsp3) is 0.364. The van der Waals surface area contributed by atoms with Crippen LogP contribution in [0.2, 0.25) is 0 Å². The lowest BCUT2D eigenvalue weighted by Crippen LogP contribution is -2.44. The lowest BCUT2D eigenvalue weighted by molar-refractivity contribution is -0.137. The summed E-state index contributed by atoms with van der Waals surface area (Å²) < 4.78 is 41.1. The number of anilines is 2. The predicted molar refractivity (Wildman–Crippen MR) is 119 cm³/mol. The highest BCUT2D eigenvalue weighted by Gasteiger charge is 2.30. The van der Waals surface area contributed by atoms with Gasteiger partial charge in [-0.25, -0.2) is 9.97 Å². The Morgan fingerprint density at radius 3 is 2.58 bits per heavy atom. The summed E-state index contributed by atoms with van der Waals surface area (Å²) in [5.41, 5.74) is 2.14. The van der Waals surface area contributed by atoms with Crippen LogP contribution in [-0.4, -0.2) is 62.7 Å². The number of pyridine rings is 1. The van der Waals surface area contributed by atoms with Crippen molar-refractivity contribution in [3.05, 3.63) is 53.6 Å². The van der Waals surface area contributed by atoms with Gasteiger partial charge in [0.15, 0.2) is 11.3 Å². The molecule has 1 aromatic carbocycles. The van der Waals surface area contributed by atoms with Gasteiger partial charge < -0.3 is 15.1 Å². The summed E-state index contributed by atoms with van der Waals surface area (Å²) in [6.07, 6.45) is -2.76. The molecule has 1 fully saturated rings. The van der Waals surface area contributed by atoms with Crippen molar-refractivity contribution in [3.63, 3.8) is 0 Å². The van der Waals surface area contributed by atoms with E-state index in [0.717, 1.165) is 49.4 Å². The van der Waals surface area contributed by atoms with Gasteiger partial charge >= 0.3 is 6.18 Å². The van der Waals surface area contributed by atoms with E-state index in [2.05, 4.69) is 42.3 Å². The van der Waals surface area contributed by atoms with Crippen molar-refractivity contribution in [2.45, 2.75) is 19.6 Å². The number of aromatic nitrogens is 5. The topological polar surface area (TPSA) is 74.5 Å². The zero-order valence-electron chi connectivity index (χ0n) is 18.3. The van der Waals surface area contributed by atoms with Crippen LogP contribution in [0.1, 0.15) is 17.0 Å². The third-order valence-electron chi connectivity index (χ3n) is 5.88. The van der Waals surface area contributed by atoms with Gasteiger partial charge in [0.2, 0.25) is 0 Å². The number of nitrogens with one attached hydrogen (secondary N) is 1. The maximum absolute atomic E-state index is 13.1. The monoisotopic (exact) mass is 456 g/mol. The van der Waals surface area contributed by atoms with Crippen molar-refractivity contribution in [1.82, 2.24) is 29.5 Å². The molecule has 11 heteroatoms. The number of hydrogen-bond acceptors (Lipinski definition) is 7. The molecule has 5 rings (SSSR count). The average Bonchev–Trinajstić information content (AvgIpc) is 3.28. The van der Waals surface area contributed by atoms with Crippen molar-refractivity contribution >= 4 is 28.2 Å². The van der Waals surface area contributed by atoms with Crippen molar-refractivity contribution < 1.29 is 13.2 Å². The molecule has 172 valence electrons. The number of likely N-dealkylation sites (N-methyl/N-ethyl adjacent to an activating group) is 1. The van der Waals surface area contributed by atoms with Crippen LogP contribution in [0.4, 0.5) is 24.7 Å². The van der Waals surface area contributed by atoms with Crippen molar-refractivity contribution in [2.75, 3.05) is 43.4 Å².